The van der Waals surface area contributed by atoms with E-state index in [9.17, 15) is 14.9 Å². The van der Waals surface area contributed by atoms with E-state index in [1.165, 1.54) is 12.1 Å². The van der Waals surface area contributed by atoms with Crippen LogP contribution in [0.4, 0.5) is 5.69 Å². The lowest BCUT2D eigenvalue weighted by Crippen LogP contribution is -2.41. The van der Waals surface area contributed by atoms with Crippen molar-refractivity contribution in [2.75, 3.05) is 0 Å². The van der Waals surface area contributed by atoms with Gasteiger partial charge in [-0.2, -0.15) is 0 Å². The molecule has 5 heteroatoms. The summed E-state index contributed by atoms with van der Waals surface area (Å²) in [5, 5.41) is 13.6. The molecule has 0 spiro atoms. The van der Waals surface area contributed by atoms with Gasteiger partial charge in [-0.1, -0.05) is 42.5 Å². The van der Waals surface area contributed by atoms with Crippen LogP contribution >= 0.6 is 0 Å². The smallest absolute Gasteiger partial charge is 0.269 e. The van der Waals surface area contributed by atoms with E-state index in [1.54, 1.807) is 12.1 Å². The molecule has 22 heavy (non-hydrogen) atoms. The summed E-state index contributed by atoms with van der Waals surface area (Å²) in [7, 11) is 0. The summed E-state index contributed by atoms with van der Waals surface area (Å²) in [6.45, 7) is 3.88. The minimum Gasteiger partial charge on any atom is -0.347 e. The largest absolute Gasteiger partial charge is 0.347 e. The first-order valence-corrected chi connectivity index (χ1v) is 6.98. The maximum absolute atomic E-state index is 12.2. The molecule has 0 unspecified atom stereocenters. The van der Waals surface area contributed by atoms with Gasteiger partial charge in [0.2, 0.25) is 5.91 Å². The number of nitrogens with one attached hydrogen (secondary N) is 1. The summed E-state index contributed by atoms with van der Waals surface area (Å²) < 4.78 is 0. The maximum Gasteiger partial charge on any atom is 0.269 e. The monoisotopic (exact) mass is 298 g/mol. The first-order valence-electron chi connectivity index (χ1n) is 6.98. The van der Waals surface area contributed by atoms with E-state index < -0.39 is 10.5 Å². The standard InChI is InChI=1S/C17H18N2O3/c1-17(2,14-6-4-3-5-7-14)18-16(20)12-13-8-10-15(11-9-13)19(21)22/h3-11H,12H2,1-2H3,(H,18,20). The summed E-state index contributed by atoms with van der Waals surface area (Å²) in [5.74, 6) is -0.122. The third-order valence-electron chi connectivity index (χ3n) is 3.46. The SMILES string of the molecule is CC(C)(NC(=O)Cc1ccc([N+](=O)[O-])cc1)c1ccccc1. The van der Waals surface area contributed by atoms with E-state index in [1.807, 2.05) is 44.2 Å². The van der Waals surface area contributed by atoms with Crippen LogP contribution in [0, 0.1) is 10.1 Å². The summed E-state index contributed by atoms with van der Waals surface area (Å²) in [4.78, 5) is 22.3. The Morgan fingerprint density at radius 1 is 1.09 bits per heavy atom. The zero-order valence-electron chi connectivity index (χ0n) is 12.6. The number of carbonyl (C=O) groups excluding carboxylic acids is 1. The molecule has 0 aromatic heterocycles. The topological polar surface area (TPSA) is 72.2 Å². The Bertz CT molecular complexity index is 664. The quantitative estimate of drug-likeness (QED) is 0.680. The molecule has 0 fully saturated rings. The highest BCUT2D eigenvalue weighted by atomic mass is 16.6. The second-order valence-corrected chi connectivity index (χ2v) is 5.64. The number of benzene rings is 2. The molecule has 0 aliphatic heterocycles. The van der Waals surface area contributed by atoms with Gasteiger partial charge in [-0.05, 0) is 25.0 Å². The Morgan fingerprint density at radius 2 is 1.68 bits per heavy atom. The molecule has 0 bridgehead atoms. The molecule has 1 amide bonds. The van der Waals surface area contributed by atoms with Crippen LogP contribution in [0.1, 0.15) is 25.0 Å². The summed E-state index contributed by atoms with van der Waals surface area (Å²) in [6, 6.07) is 15.7. The van der Waals surface area contributed by atoms with Gasteiger partial charge in [0.25, 0.3) is 5.69 Å². The van der Waals surface area contributed by atoms with Gasteiger partial charge in [0.05, 0.1) is 16.9 Å². The van der Waals surface area contributed by atoms with Gasteiger partial charge >= 0.3 is 0 Å². The number of non-ortho nitro benzene ring substituents is 1. The number of hydrogen-bond donors (Lipinski definition) is 1. The van der Waals surface area contributed by atoms with Crippen LogP contribution in [0.3, 0.4) is 0 Å². The summed E-state index contributed by atoms with van der Waals surface area (Å²) in [6.07, 6.45) is 0.189. The maximum atomic E-state index is 12.2. The highest BCUT2D eigenvalue weighted by Gasteiger charge is 2.22. The average Bonchev–Trinajstić information content (AvgIpc) is 2.48. The van der Waals surface area contributed by atoms with Gasteiger partial charge in [0.1, 0.15) is 0 Å². The minimum atomic E-state index is -0.473. The van der Waals surface area contributed by atoms with Crippen LogP contribution in [0.25, 0.3) is 0 Å². The number of nitrogens with zero attached hydrogens (tertiary/aromatic N) is 1. The molecule has 1 N–H and O–H groups in total. The van der Waals surface area contributed by atoms with Crippen molar-refractivity contribution in [1.29, 1.82) is 0 Å². The number of rotatable bonds is 5. The van der Waals surface area contributed by atoms with E-state index in [4.69, 9.17) is 0 Å². The molecule has 0 aliphatic rings. The molecule has 2 aromatic carbocycles. The van der Waals surface area contributed by atoms with Gasteiger partial charge < -0.3 is 5.32 Å². The van der Waals surface area contributed by atoms with Crippen molar-refractivity contribution in [1.82, 2.24) is 5.32 Å². The fourth-order valence-corrected chi connectivity index (χ4v) is 2.24. The third-order valence-corrected chi connectivity index (χ3v) is 3.46. The van der Waals surface area contributed by atoms with Crippen LogP contribution in [-0.2, 0) is 16.8 Å². The van der Waals surface area contributed by atoms with E-state index in [2.05, 4.69) is 5.32 Å². The molecule has 114 valence electrons. The normalized spacial score (nSPS) is 11.0. The molecule has 0 atom stereocenters. The van der Waals surface area contributed by atoms with Crippen molar-refractivity contribution in [2.24, 2.45) is 0 Å². The fraction of sp³-hybridized carbons (Fsp3) is 0.235. The molecule has 2 rings (SSSR count). The van der Waals surface area contributed by atoms with Gasteiger partial charge in [-0.25, -0.2) is 0 Å². The zero-order valence-corrected chi connectivity index (χ0v) is 12.6. The Morgan fingerprint density at radius 3 is 2.23 bits per heavy atom. The van der Waals surface area contributed by atoms with Gasteiger partial charge in [0.15, 0.2) is 0 Å². The summed E-state index contributed by atoms with van der Waals surface area (Å²) >= 11 is 0. The number of carbonyl (C=O) groups is 1. The molecule has 5 nitrogen and oxygen atoms in total. The molecule has 0 saturated carbocycles. The molecule has 0 heterocycles. The van der Waals surface area contributed by atoms with Crippen LogP contribution in [0.15, 0.2) is 54.6 Å². The Balaban J connectivity index is 2.02. The number of nitro benzene ring substituents is 1. The van der Waals surface area contributed by atoms with Crippen LogP contribution in [0.5, 0.6) is 0 Å². The molecule has 2 aromatic rings. The van der Waals surface area contributed by atoms with Crippen molar-refractivity contribution in [3.8, 4) is 0 Å². The second-order valence-electron chi connectivity index (χ2n) is 5.64. The molecule has 0 aliphatic carbocycles. The van der Waals surface area contributed by atoms with Gasteiger partial charge in [-0.3, -0.25) is 14.9 Å². The third kappa shape index (κ3) is 3.91. The Labute approximate surface area is 129 Å². The number of nitro groups is 1. The summed E-state index contributed by atoms with van der Waals surface area (Å²) in [5.41, 5.74) is 1.31. The van der Waals surface area contributed by atoms with Gasteiger partial charge in [0, 0.05) is 12.1 Å². The number of amides is 1. The van der Waals surface area contributed by atoms with Crippen LogP contribution in [-0.4, -0.2) is 10.8 Å². The van der Waals surface area contributed by atoms with E-state index in [-0.39, 0.29) is 18.0 Å². The highest BCUT2D eigenvalue weighted by molar-refractivity contribution is 5.79. The molecule has 0 saturated heterocycles. The first kappa shape index (κ1) is 15.7. The predicted molar refractivity (Wildman–Crippen MR) is 84.4 cm³/mol. The zero-order chi connectivity index (χ0) is 16.2. The minimum absolute atomic E-state index is 0.0220. The molecular weight excluding hydrogens is 280 g/mol. The van der Waals surface area contributed by atoms with Crippen molar-refractivity contribution in [3.05, 3.63) is 75.8 Å². The van der Waals surface area contributed by atoms with Crippen LogP contribution < -0.4 is 5.32 Å². The lowest BCUT2D eigenvalue weighted by atomic mass is 9.94. The second kappa shape index (κ2) is 6.39. The average molecular weight is 298 g/mol. The molecular formula is C17H18N2O3. The lowest BCUT2D eigenvalue weighted by molar-refractivity contribution is -0.384. The highest BCUT2D eigenvalue weighted by Crippen LogP contribution is 2.20. The Kier molecular flexibility index (Phi) is 4.56. The fourth-order valence-electron chi connectivity index (χ4n) is 2.24. The van der Waals surface area contributed by atoms with Crippen molar-refractivity contribution >= 4 is 11.6 Å². The molecule has 0 radical (unpaired) electrons. The first-order chi connectivity index (χ1) is 10.4. The van der Waals surface area contributed by atoms with Crippen molar-refractivity contribution in [3.63, 3.8) is 0 Å². The van der Waals surface area contributed by atoms with Crippen molar-refractivity contribution in [2.45, 2.75) is 25.8 Å². The lowest BCUT2D eigenvalue weighted by Gasteiger charge is -2.27. The predicted octanol–water partition coefficient (Wildman–Crippen LogP) is 3.19. The van der Waals surface area contributed by atoms with E-state index >= 15 is 0 Å². The Hall–Kier alpha value is -2.69. The number of hydrogen-bond acceptors (Lipinski definition) is 3. The van der Waals surface area contributed by atoms with Gasteiger partial charge in [-0.15, -0.1) is 0 Å². The van der Waals surface area contributed by atoms with Crippen molar-refractivity contribution < 1.29 is 9.72 Å². The van der Waals surface area contributed by atoms with Crippen LogP contribution in [0.2, 0.25) is 0 Å². The van der Waals surface area contributed by atoms with E-state index in [0.29, 0.717) is 0 Å². The van der Waals surface area contributed by atoms with E-state index in [0.717, 1.165) is 11.1 Å².